The van der Waals surface area contributed by atoms with Crippen LogP contribution < -0.4 is 25.6 Å². The summed E-state index contributed by atoms with van der Waals surface area (Å²) in [6, 6.07) is 12.9. The number of hydrogen-bond donors (Lipinski definition) is 4. The summed E-state index contributed by atoms with van der Waals surface area (Å²) in [4.78, 5) is 12.2. The molecule has 182 valence electrons. The number of nitrogens with zero attached hydrogens (tertiary/aromatic N) is 1. The van der Waals surface area contributed by atoms with Crippen molar-refractivity contribution in [2.45, 2.75) is 13.0 Å². The topological polar surface area (TPSA) is 134 Å². The Morgan fingerprint density at radius 2 is 1.74 bits per heavy atom. The normalized spacial score (nSPS) is 12.9. The highest BCUT2D eigenvalue weighted by atomic mass is 32.2. The Bertz CT molecular complexity index is 1130. The SMILES string of the molecule is C=C/C=C\C=C(/N)CN[C@@H](CN(c1ccc(Oc2ccc(C)cc2)cc1)S(C)(=O)=O)C(=O)NO. The third kappa shape index (κ3) is 8.39. The van der Waals surface area contributed by atoms with Crippen molar-refractivity contribution in [2.24, 2.45) is 5.73 Å². The quantitative estimate of drug-likeness (QED) is 0.206. The van der Waals surface area contributed by atoms with E-state index in [0.29, 0.717) is 22.9 Å². The lowest BCUT2D eigenvalue weighted by atomic mass is 10.2. The fraction of sp³-hybridized carbons (Fsp3) is 0.208. The number of anilines is 1. The lowest BCUT2D eigenvalue weighted by Crippen LogP contribution is -2.52. The van der Waals surface area contributed by atoms with Gasteiger partial charge in [-0.1, -0.05) is 42.5 Å². The van der Waals surface area contributed by atoms with Crippen LogP contribution in [-0.2, 0) is 14.8 Å². The maximum atomic E-state index is 12.5. The Morgan fingerprint density at radius 3 is 2.26 bits per heavy atom. The number of hydrogen-bond acceptors (Lipinski definition) is 7. The van der Waals surface area contributed by atoms with Gasteiger partial charge in [-0.15, -0.1) is 0 Å². The molecular weight excluding hydrogens is 456 g/mol. The first-order valence-electron chi connectivity index (χ1n) is 10.4. The molecule has 9 nitrogen and oxygen atoms in total. The highest BCUT2D eigenvalue weighted by Crippen LogP contribution is 2.26. The number of carbonyl (C=O) groups is 1. The molecule has 0 saturated carbocycles. The maximum absolute atomic E-state index is 12.5. The van der Waals surface area contributed by atoms with Crippen LogP contribution in [0.2, 0.25) is 0 Å². The number of ether oxygens (including phenoxy) is 1. The number of allylic oxidation sites excluding steroid dienone is 4. The monoisotopic (exact) mass is 486 g/mol. The second-order valence-electron chi connectivity index (χ2n) is 7.47. The van der Waals surface area contributed by atoms with Crippen LogP contribution in [-0.4, -0.2) is 44.9 Å². The van der Waals surface area contributed by atoms with Crippen molar-refractivity contribution in [3.8, 4) is 11.5 Å². The summed E-state index contributed by atoms with van der Waals surface area (Å²) in [7, 11) is -3.76. The minimum Gasteiger partial charge on any atom is -0.457 e. The molecule has 10 heteroatoms. The molecule has 0 unspecified atom stereocenters. The summed E-state index contributed by atoms with van der Waals surface area (Å²) in [6.07, 6.45) is 7.59. The van der Waals surface area contributed by atoms with Gasteiger partial charge in [-0.2, -0.15) is 0 Å². The highest BCUT2D eigenvalue weighted by Gasteiger charge is 2.26. The van der Waals surface area contributed by atoms with E-state index in [9.17, 15) is 13.2 Å². The Labute approximate surface area is 200 Å². The van der Waals surface area contributed by atoms with Gasteiger partial charge >= 0.3 is 0 Å². The number of nitrogens with one attached hydrogen (secondary N) is 2. The fourth-order valence-electron chi connectivity index (χ4n) is 2.90. The van der Waals surface area contributed by atoms with Gasteiger partial charge in [0.05, 0.1) is 18.5 Å². The molecule has 0 bridgehead atoms. The van der Waals surface area contributed by atoms with E-state index >= 15 is 0 Å². The average molecular weight is 487 g/mol. The molecule has 1 atom stereocenters. The Balaban J connectivity index is 2.19. The number of amides is 1. The van der Waals surface area contributed by atoms with Crippen LogP contribution >= 0.6 is 0 Å². The number of rotatable bonds is 12. The molecule has 0 saturated heterocycles. The molecule has 1 amide bonds. The number of carbonyl (C=O) groups excluding carboxylic acids is 1. The predicted octanol–water partition coefficient (Wildman–Crippen LogP) is 2.60. The summed E-state index contributed by atoms with van der Waals surface area (Å²) in [5.41, 5.74) is 9.28. The third-order valence-corrected chi connectivity index (χ3v) is 5.83. The van der Waals surface area contributed by atoms with Crippen molar-refractivity contribution >= 4 is 21.6 Å². The van der Waals surface area contributed by atoms with E-state index in [0.717, 1.165) is 16.1 Å². The number of benzene rings is 2. The molecule has 2 aromatic carbocycles. The standard InChI is InChI=1S/C24H30N4O5S/c1-4-5-6-7-19(25)16-26-23(24(29)27-30)17-28(34(3,31)32)20-10-14-22(15-11-20)33-21-12-8-18(2)9-13-21/h4-15,23,26,30H,1,16-17,25H2,2-3H3,(H,27,29)/b6-5-,19-7-/t23-/m0/s1. The minimum atomic E-state index is -3.76. The van der Waals surface area contributed by atoms with Crippen LogP contribution in [0.5, 0.6) is 11.5 Å². The molecular formula is C24H30N4O5S. The summed E-state index contributed by atoms with van der Waals surface area (Å²) >= 11 is 0. The Kier molecular flexibility index (Phi) is 9.87. The van der Waals surface area contributed by atoms with Gasteiger partial charge in [0.1, 0.15) is 17.5 Å². The van der Waals surface area contributed by atoms with Gasteiger partial charge in [0, 0.05) is 12.2 Å². The van der Waals surface area contributed by atoms with E-state index in [1.54, 1.807) is 54.0 Å². The first-order chi connectivity index (χ1) is 16.1. The largest absolute Gasteiger partial charge is 0.457 e. The minimum absolute atomic E-state index is 0.0838. The van der Waals surface area contributed by atoms with Crippen LogP contribution in [0.15, 0.2) is 85.1 Å². The van der Waals surface area contributed by atoms with E-state index in [1.807, 2.05) is 31.2 Å². The third-order valence-electron chi connectivity index (χ3n) is 4.67. The lowest BCUT2D eigenvalue weighted by Gasteiger charge is -2.27. The van der Waals surface area contributed by atoms with Gasteiger partial charge in [0.15, 0.2) is 0 Å². The number of nitrogens with two attached hydrogens (primary N) is 1. The zero-order chi connectivity index (χ0) is 25.1. The molecule has 0 aromatic heterocycles. The molecule has 2 aromatic rings. The van der Waals surface area contributed by atoms with Crippen molar-refractivity contribution in [3.63, 3.8) is 0 Å². The van der Waals surface area contributed by atoms with Gasteiger partial charge in [-0.25, -0.2) is 13.9 Å². The van der Waals surface area contributed by atoms with Gasteiger partial charge in [0.25, 0.3) is 5.91 Å². The van der Waals surface area contributed by atoms with E-state index in [2.05, 4.69) is 11.9 Å². The van der Waals surface area contributed by atoms with E-state index in [4.69, 9.17) is 15.7 Å². The molecule has 0 aliphatic heterocycles. The van der Waals surface area contributed by atoms with Crippen molar-refractivity contribution in [1.82, 2.24) is 10.8 Å². The van der Waals surface area contributed by atoms with Crippen LogP contribution in [0.4, 0.5) is 5.69 Å². The summed E-state index contributed by atoms with van der Waals surface area (Å²) in [5, 5.41) is 12.0. The first-order valence-corrected chi connectivity index (χ1v) is 12.2. The zero-order valence-corrected chi connectivity index (χ0v) is 20.0. The highest BCUT2D eigenvalue weighted by molar-refractivity contribution is 7.92. The summed E-state index contributed by atoms with van der Waals surface area (Å²) in [6.45, 7) is 5.34. The molecule has 0 heterocycles. The molecule has 0 spiro atoms. The van der Waals surface area contributed by atoms with Crippen LogP contribution in [0.25, 0.3) is 0 Å². The smallest absolute Gasteiger partial charge is 0.262 e. The van der Waals surface area contributed by atoms with E-state index in [-0.39, 0.29) is 13.1 Å². The molecule has 2 rings (SSSR count). The van der Waals surface area contributed by atoms with E-state index < -0.39 is 22.0 Å². The van der Waals surface area contributed by atoms with Gasteiger partial charge in [0.2, 0.25) is 10.0 Å². The van der Waals surface area contributed by atoms with Gasteiger partial charge in [-0.05, 0) is 49.4 Å². The fourth-order valence-corrected chi connectivity index (χ4v) is 3.82. The first kappa shape index (κ1) is 26.7. The molecule has 5 N–H and O–H groups in total. The van der Waals surface area contributed by atoms with Gasteiger partial charge < -0.3 is 10.5 Å². The van der Waals surface area contributed by atoms with Crippen molar-refractivity contribution in [3.05, 3.63) is 90.7 Å². The summed E-state index contributed by atoms with van der Waals surface area (Å²) in [5.74, 6) is 0.368. The van der Waals surface area contributed by atoms with Gasteiger partial charge in [-0.3, -0.25) is 19.6 Å². The van der Waals surface area contributed by atoms with Crippen molar-refractivity contribution in [1.29, 1.82) is 0 Å². The molecule has 0 fully saturated rings. The van der Waals surface area contributed by atoms with E-state index in [1.165, 1.54) is 0 Å². The molecule has 0 aliphatic rings. The number of aryl methyl sites for hydroxylation is 1. The zero-order valence-electron chi connectivity index (χ0n) is 19.1. The molecule has 34 heavy (non-hydrogen) atoms. The second-order valence-corrected chi connectivity index (χ2v) is 9.38. The predicted molar refractivity (Wildman–Crippen MR) is 133 cm³/mol. The average Bonchev–Trinajstić information content (AvgIpc) is 2.80. The van der Waals surface area contributed by atoms with Crippen molar-refractivity contribution < 1.29 is 23.2 Å². The molecule has 0 aliphatic carbocycles. The molecule has 0 radical (unpaired) electrons. The Hall–Kier alpha value is -3.60. The second kappa shape index (κ2) is 12.6. The number of sulfonamides is 1. The van der Waals surface area contributed by atoms with Crippen LogP contribution in [0, 0.1) is 6.92 Å². The lowest BCUT2D eigenvalue weighted by molar-refractivity contribution is -0.131. The van der Waals surface area contributed by atoms with Crippen molar-refractivity contribution in [2.75, 3.05) is 23.7 Å². The number of hydroxylamine groups is 1. The van der Waals surface area contributed by atoms with Crippen LogP contribution in [0.1, 0.15) is 5.56 Å². The maximum Gasteiger partial charge on any atom is 0.262 e. The summed E-state index contributed by atoms with van der Waals surface area (Å²) < 4.78 is 31.9. The Morgan fingerprint density at radius 1 is 1.15 bits per heavy atom. The van der Waals surface area contributed by atoms with Crippen LogP contribution in [0.3, 0.4) is 0 Å².